The molecule has 0 fully saturated rings. The van der Waals surface area contributed by atoms with E-state index in [1.54, 1.807) is 6.07 Å². The molecule has 0 saturated heterocycles. The van der Waals surface area contributed by atoms with Gasteiger partial charge in [0.1, 0.15) is 5.82 Å². The predicted octanol–water partition coefficient (Wildman–Crippen LogP) is 4.37. The Kier molecular flexibility index (Phi) is 5.76. The standard InChI is InChI=1S/C16H17BrClFN2/c1-21(10-11-3-2-4-12(18)7-11)16(9-20)14-8-13(19)5-6-15(14)17/h2-8,16H,9-10,20H2,1H3. The zero-order chi connectivity index (χ0) is 15.4. The maximum absolute atomic E-state index is 13.5. The molecule has 21 heavy (non-hydrogen) atoms. The van der Waals surface area contributed by atoms with Crippen LogP contribution in [-0.4, -0.2) is 18.5 Å². The van der Waals surface area contributed by atoms with Crippen molar-refractivity contribution in [3.8, 4) is 0 Å². The lowest BCUT2D eigenvalue weighted by Crippen LogP contribution is -2.30. The van der Waals surface area contributed by atoms with Crippen LogP contribution in [0, 0.1) is 5.82 Å². The van der Waals surface area contributed by atoms with E-state index in [0.717, 1.165) is 15.6 Å². The smallest absolute Gasteiger partial charge is 0.123 e. The molecule has 5 heteroatoms. The zero-order valence-electron chi connectivity index (χ0n) is 11.7. The van der Waals surface area contributed by atoms with E-state index in [-0.39, 0.29) is 11.9 Å². The number of hydrogen-bond acceptors (Lipinski definition) is 2. The lowest BCUT2D eigenvalue weighted by atomic mass is 10.0. The Hall–Kier alpha value is -0.940. The fourth-order valence-corrected chi connectivity index (χ4v) is 3.07. The van der Waals surface area contributed by atoms with Crippen molar-refractivity contribution in [2.75, 3.05) is 13.6 Å². The summed E-state index contributed by atoms with van der Waals surface area (Å²) < 4.78 is 14.3. The summed E-state index contributed by atoms with van der Waals surface area (Å²) >= 11 is 9.47. The number of nitrogens with two attached hydrogens (primary N) is 1. The minimum absolute atomic E-state index is 0.0749. The summed E-state index contributed by atoms with van der Waals surface area (Å²) in [4.78, 5) is 2.09. The van der Waals surface area contributed by atoms with Gasteiger partial charge in [0.2, 0.25) is 0 Å². The average molecular weight is 372 g/mol. The SMILES string of the molecule is CN(Cc1cccc(Cl)c1)C(CN)c1cc(F)ccc1Br. The van der Waals surface area contributed by atoms with E-state index < -0.39 is 0 Å². The number of benzene rings is 2. The predicted molar refractivity (Wildman–Crippen MR) is 88.8 cm³/mol. The van der Waals surface area contributed by atoms with Gasteiger partial charge < -0.3 is 5.73 Å². The van der Waals surface area contributed by atoms with Gasteiger partial charge >= 0.3 is 0 Å². The molecule has 1 unspecified atom stereocenters. The lowest BCUT2D eigenvalue weighted by molar-refractivity contribution is 0.240. The molecule has 0 bridgehead atoms. The van der Waals surface area contributed by atoms with Crippen molar-refractivity contribution >= 4 is 27.5 Å². The molecule has 0 aromatic heterocycles. The van der Waals surface area contributed by atoms with Gasteiger partial charge in [0.15, 0.2) is 0 Å². The Morgan fingerprint density at radius 2 is 2.05 bits per heavy atom. The van der Waals surface area contributed by atoms with Crippen LogP contribution in [0.4, 0.5) is 4.39 Å². The molecule has 0 aliphatic heterocycles. The van der Waals surface area contributed by atoms with E-state index in [1.165, 1.54) is 12.1 Å². The third kappa shape index (κ3) is 4.27. The maximum Gasteiger partial charge on any atom is 0.123 e. The second-order valence-corrected chi connectivity index (χ2v) is 6.25. The first-order chi connectivity index (χ1) is 10.0. The molecule has 2 nitrogen and oxygen atoms in total. The first kappa shape index (κ1) is 16.4. The molecule has 1 atom stereocenters. The minimum atomic E-state index is -0.261. The molecule has 0 aliphatic carbocycles. The number of hydrogen-bond donors (Lipinski definition) is 1. The van der Waals surface area contributed by atoms with E-state index in [0.29, 0.717) is 18.1 Å². The summed E-state index contributed by atoms with van der Waals surface area (Å²) in [6, 6.07) is 12.3. The Bertz CT molecular complexity index is 621. The summed E-state index contributed by atoms with van der Waals surface area (Å²) in [5.74, 6) is -0.261. The molecular formula is C16H17BrClFN2. The lowest BCUT2D eigenvalue weighted by Gasteiger charge is -2.28. The Balaban J connectivity index is 2.22. The normalized spacial score (nSPS) is 12.7. The van der Waals surface area contributed by atoms with E-state index >= 15 is 0 Å². The Morgan fingerprint density at radius 3 is 2.71 bits per heavy atom. The molecule has 112 valence electrons. The first-order valence-corrected chi connectivity index (χ1v) is 7.78. The first-order valence-electron chi connectivity index (χ1n) is 6.61. The number of rotatable bonds is 5. The van der Waals surface area contributed by atoms with Crippen LogP contribution in [0.3, 0.4) is 0 Å². The molecule has 2 aromatic carbocycles. The molecule has 0 saturated carbocycles. The molecule has 0 amide bonds. The third-order valence-corrected chi connectivity index (χ3v) is 4.35. The molecule has 0 aliphatic rings. The van der Waals surface area contributed by atoms with Crippen molar-refractivity contribution in [1.82, 2.24) is 4.90 Å². The van der Waals surface area contributed by atoms with Crippen LogP contribution in [0.1, 0.15) is 17.2 Å². The van der Waals surface area contributed by atoms with E-state index in [4.69, 9.17) is 17.3 Å². The van der Waals surface area contributed by atoms with Gasteiger partial charge in [-0.1, -0.05) is 39.7 Å². The largest absolute Gasteiger partial charge is 0.329 e. The van der Waals surface area contributed by atoms with Crippen molar-refractivity contribution in [1.29, 1.82) is 0 Å². The molecule has 2 aromatic rings. The summed E-state index contributed by atoms with van der Waals surface area (Å²) in [5.41, 5.74) is 7.84. The van der Waals surface area contributed by atoms with Crippen molar-refractivity contribution in [2.45, 2.75) is 12.6 Å². The van der Waals surface area contributed by atoms with Gasteiger partial charge in [0.05, 0.1) is 0 Å². The zero-order valence-corrected chi connectivity index (χ0v) is 14.0. The van der Waals surface area contributed by atoms with Crippen LogP contribution in [-0.2, 0) is 6.54 Å². The highest BCUT2D eigenvalue weighted by molar-refractivity contribution is 9.10. The fourth-order valence-electron chi connectivity index (χ4n) is 2.35. The van der Waals surface area contributed by atoms with Gasteiger partial charge in [-0.15, -0.1) is 0 Å². The Morgan fingerprint density at radius 1 is 1.29 bits per heavy atom. The Labute approximate surface area is 137 Å². The highest BCUT2D eigenvalue weighted by atomic mass is 79.9. The van der Waals surface area contributed by atoms with Crippen molar-refractivity contribution in [2.24, 2.45) is 5.73 Å². The van der Waals surface area contributed by atoms with Crippen LogP contribution in [0.25, 0.3) is 0 Å². The molecular weight excluding hydrogens is 355 g/mol. The van der Waals surface area contributed by atoms with Crippen LogP contribution in [0.2, 0.25) is 5.02 Å². The quantitative estimate of drug-likeness (QED) is 0.845. The van der Waals surface area contributed by atoms with Gasteiger partial charge in [-0.25, -0.2) is 4.39 Å². The van der Waals surface area contributed by atoms with E-state index in [2.05, 4.69) is 20.8 Å². The summed E-state index contributed by atoms with van der Waals surface area (Å²) in [6.07, 6.45) is 0. The third-order valence-electron chi connectivity index (χ3n) is 3.39. The molecule has 2 rings (SSSR count). The molecule has 0 spiro atoms. The van der Waals surface area contributed by atoms with Gasteiger partial charge in [-0.3, -0.25) is 4.90 Å². The monoisotopic (exact) mass is 370 g/mol. The van der Waals surface area contributed by atoms with Crippen molar-refractivity contribution in [3.63, 3.8) is 0 Å². The molecule has 2 N–H and O–H groups in total. The van der Waals surface area contributed by atoms with Crippen molar-refractivity contribution in [3.05, 3.63) is 68.9 Å². The van der Waals surface area contributed by atoms with Crippen LogP contribution in [0.5, 0.6) is 0 Å². The number of nitrogens with zero attached hydrogens (tertiary/aromatic N) is 1. The number of likely N-dealkylation sites (N-methyl/N-ethyl adjacent to an activating group) is 1. The van der Waals surface area contributed by atoms with Gasteiger partial charge in [0.25, 0.3) is 0 Å². The van der Waals surface area contributed by atoms with Gasteiger partial charge in [0, 0.05) is 28.6 Å². The summed E-state index contributed by atoms with van der Waals surface area (Å²) in [7, 11) is 1.97. The average Bonchev–Trinajstić information content (AvgIpc) is 2.43. The van der Waals surface area contributed by atoms with Crippen LogP contribution < -0.4 is 5.73 Å². The van der Waals surface area contributed by atoms with Crippen molar-refractivity contribution < 1.29 is 4.39 Å². The molecule has 0 heterocycles. The summed E-state index contributed by atoms with van der Waals surface area (Å²) in [6.45, 7) is 1.09. The van der Waals surface area contributed by atoms with E-state index in [9.17, 15) is 4.39 Å². The minimum Gasteiger partial charge on any atom is -0.329 e. The van der Waals surface area contributed by atoms with Gasteiger partial charge in [-0.05, 0) is 48.5 Å². The topological polar surface area (TPSA) is 29.3 Å². The second kappa shape index (κ2) is 7.36. The highest BCUT2D eigenvalue weighted by Gasteiger charge is 2.19. The second-order valence-electron chi connectivity index (χ2n) is 4.96. The number of halogens is 3. The maximum atomic E-state index is 13.5. The molecule has 0 radical (unpaired) electrons. The van der Waals surface area contributed by atoms with Crippen LogP contribution >= 0.6 is 27.5 Å². The summed E-state index contributed by atoms with van der Waals surface area (Å²) in [5, 5.41) is 0.706. The van der Waals surface area contributed by atoms with E-state index in [1.807, 2.05) is 31.3 Å². The fraction of sp³-hybridized carbons (Fsp3) is 0.250. The highest BCUT2D eigenvalue weighted by Crippen LogP contribution is 2.28. The van der Waals surface area contributed by atoms with Crippen LogP contribution in [0.15, 0.2) is 46.9 Å². The van der Waals surface area contributed by atoms with Gasteiger partial charge in [-0.2, -0.15) is 0 Å².